The number of hydrogen-bond acceptors (Lipinski definition) is 5. The maximum atomic E-state index is 13.9. The summed E-state index contributed by atoms with van der Waals surface area (Å²) in [6.45, 7) is 8.03. The van der Waals surface area contributed by atoms with Crippen molar-refractivity contribution < 1.29 is 4.39 Å². The van der Waals surface area contributed by atoms with E-state index >= 15 is 0 Å². The number of nitrogens with zero attached hydrogens (tertiary/aromatic N) is 4. The van der Waals surface area contributed by atoms with Gasteiger partial charge in [0, 0.05) is 11.9 Å². The number of aryl methyl sites for hydroxylation is 1. The van der Waals surface area contributed by atoms with Crippen molar-refractivity contribution >= 4 is 10.9 Å². The average molecular weight is 442 g/mol. The summed E-state index contributed by atoms with van der Waals surface area (Å²) in [6, 6.07) is 13.1. The van der Waals surface area contributed by atoms with E-state index in [2.05, 4.69) is 45.0 Å². The van der Waals surface area contributed by atoms with Crippen LogP contribution >= 0.6 is 0 Å². The molecule has 0 saturated carbocycles. The maximum absolute atomic E-state index is 13.9. The van der Waals surface area contributed by atoms with Gasteiger partial charge in [0.25, 0.3) is 0 Å². The molecule has 0 fully saturated rings. The molecule has 0 bridgehead atoms. The van der Waals surface area contributed by atoms with Crippen molar-refractivity contribution in [2.24, 2.45) is 0 Å². The number of halogens is 1. The molecule has 0 aliphatic carbocycles. The number of benzene rings is 2. The van der Waals surface area contributed by atoms with Crippen molar-refractivity contribution in [2.75, 3.05) is 6.54 Å². The average Bonchev–Trinajstić information content (AvgIpc) is 3.51. The molecule has 0 spiro atoms. The molecule has 8 heteroatoms. The van der Waals surface area contributed by atoms with Crippen LogP contribution in [0.4, 0.5) is 4.39 Å². The topological polar surface area (TPSA) is 96.4 Å². The highest BCUT2D eigenvalue weighted by atomic mass is 19.1. The Kier molecular flexibility index (Phi) is 5.31. The molecule has 2 aromatic heterocycles. The molecule has 0 amide bonds. The minimum Gasteiger partial charge on any atom is -0.371 e. The van der Waals surface area contributed by atoms with Crippen LogP contribution in [-0.4, -0.2) is 31.6 Å². The second kappa shape index (κ2) is 8.43. The van der Waals surface area contributed by atoms with E-state index in [-0.39, 0.29) is 5.82 Å². The fraction of sp³-hybridized carbons (Fsp3) is 0.240. The van der Waals surface area contributed by atoms with Gasteiger partial charge in [-0.05, 0) is 47.4 Å². The number of H-pyrrole nitrogens is 2. The van der Waals surface area contributed by atoms with Crippen LogP contribution in [0.15, 0.2) is 48.8 Å². The number of fused-ring (bicyclic) bond motifs is 2. The number of aromatic amines is 2. The third-order valence-corrected chi connectivity index (χ3v) is 6.05. The Bertz CT molecular complexity index is 1370. The van der Waals surface area contributed by atoms with Crippen LogP contribution in [0.3, 0.4) is 0 Å². The van der Waals surface area contributed by atoms with Gasteiger partial charge in [0.2, 0.25) is 0 Å². The van der Waals surface area contributed by atoms with E-state index in [1.54, 1.807) is 6.07 Å². The van der Waals surface area contributed by atoms with Gasteiger partial charge >= 0.3 is 0 Å². The molecule has 1 aliphatic heterocycles. The first-order valence-electron chi connectivity index (χ1n) is 11.0. The Balaban J connectivity index is 1.39. The summed E-state index contributed by atoms with van der Waals surface area (Å²) in [5.41, 5.74) is 6.60. The molecule has 7 nitrogen and oxygen atoms in total. The smallest absolute Gasteiger partial charge is 0.159 e. The van der Waals surface area contributed by atoms with E-state index in [0.717, 1.165) is 62.7 Å². The van der Waals surface area contributed by atoms with Gasteiger partial charge in [0.05, 0.1) is 48.3 Å². The van der Waals surface area contributed by atoms with Gasteiger partial charge in [-0.1, -0.05) is 25.6 Å². The van der Waals surface area contributed by atoms with Crippen LogP contribution in [0.5, 0.6) is 0 Å². The standard InChI is InChI=1S/C25H24FN7/c1-3-16-5-7-18(26)12-20(16)17-6-8-19-21(11-17)31-32-24(19)25-29-22-13-33(14-23(22)30-25)15(2)28-10-4-9-27/h5-8,11-12,28H,2-4,10,13-14H2,1H3,(H,29,30)(H,31,32). The van der Waals surface area contributed by atoms with Crippen molar-refractivity contribution in [3.05, 3.63) is 71.6 Å². The van der Waals surface area contributed by atoms with Crippen LogP contribution in [0.25, 0.3) is 33.5 Å². The van der Waals surface area contributed by atoms with Crippen molar-refractivity contribution in [1.29, 1.82) is 5.26 Å². The summed E-state index contributed by atoms with van der Waals surface area (Å²) in [7, 11) is 0. The van der Waals surface area contributed by atoms with E-state index in [9.17, 15) is 4.39 Å². The number of hydrogen-bond donors (Lipinski definition) is 3. The normalized spacial score (nSPS) is 12.7. The fourth-order valence-electron chi connectivity index (χ4n) is 4.31. The van der Waals surface area contributed by atoms with Crippen molar-refractivity contribution in [3.8, 4) is 28.7 Å². The van der Waals surface area contributed by atoms with Crippen LogP contribution in [0.2, 0.25) is 0 Å². The molecular formula is C25H24FN7. The minimum atomic E-state index is -0.241. The largest absolute Gasteiger partial charge is 0.371 e. The van der Waals surface area contributed by atoms with Crippen LogP contribution in [0, 0.1) is 17.1 Å². The summed E-state index contributed by atoms with van der Waals surface area (Å²) in [6.07, 6.45) is 1.27. The molecule has 4 aromatic rings. The van der Waals surface area contributed by atoms with E-state index < -0.39 is 0 Å². The lowest BCUT2D eigenvalue weighted by molar-refractivity contribution is 0.331. The maximum Gasteiger partial charge on any atom is 0.159 e. The molecule has 33 heavy (non-hydrogen) atoms. The number of nitrogens with one attached hydrogen (secondary N) is 3. The third-order valence-electron chi connectivity index (χ3n) is 6.05. The van der Waals surface area contributed by atoms with Crippen molar-refractivity contribution in [2.45, 2.75) is 32.9 Å². The lowest BCUT2D eigenvalue weighted by atomic mass is 9.97. The molecule has 0 radical (unpaired) electrons. The van der Waals surface area contributed by atoms with E-state index in [0.29, 0.717) is 26.1 Å². The van der Waals surface area contributed by atoms with Gasteiger partial charge in [0.1, 0.15) is 11.5 Å². The zero-order chi connectivity index (χ0) is 22.9. The van der Waals surface area contributed by atoms with E-state index in [1.807, 2.05) is 24.3 Å². The monoisotopic (exact) mass is 441 g/mol. The summed E-state index contributed by atoms with van der Waals surface area (Å²) >= 11 is 0. The molecule has 0 saturated heterocycles. The zero-order valence-corrected chi connectivity index (χ0v) is 18.4. The number of imidazole rings is 1. The summed E-state index contributed by atoms with van der Waals surface area (Å²) in [5.74, 6) is 1.27. The quantitative estimate of drug-likeness (QED) is 0.364. The minimum absolute atomic E-state index is 0.241. The summed E-state index contributed by atoms with van der Waals surface area (Å²) in [5, 5.41) is 20.4. The first-order chi connectivity index (χ1) is 16.1. The predicted molar refractivity (Wildman–Crippen MR) is 125 cm³/mol. The second-order valence-electron chi connectivity index (χ2n) is 8.14. The first kappa shape index (κ1) is 20.8. The number of aromatic nitrogens is 4. The third kappa shape index (κ3) is 3.82. The van der Waals surface area contributed by atoms with Gasteiger partial charge in [0.15, 0.2) is 5.82 Å². The molecule has 3 N–H and O–H groups in total. The first-order valence-corrected chi connectivity index (χ1v) is 11.0. The molecule has 0 unspecified atom stereocenters. The number of rotatable bonds is 7. The Morgan fingerprint density at radius 2 is 2.15 bits per heavy atom. The van der Waals surface area contributed by atoms with Crippen molar-refractivity contribution in [3.63, 3.8) is 0 Å². The SMILES string of the molecule is C=C(NCCC#N)N1Cc2nc(-c3n[nH]c4cc(-c5cc(F)ccc5CC)ccc34)[nH]c2C1. The zero-order valence-electron chi connectivity index (χ0n) is 18.4. The molecule has 0 atom stereocenters. The second-order valence-corrected chi connectivity index (χ2v) is 8.14. The molecule has 2 aromatic carbocycles. The van der Waals surface area contributed by atoms with Gasteiger partial charge in [-0.3, -0.25) is 5.10 Å². The van der Waals surface area contributed by atoms with Crippen LogP contribution in [-0.2, 0) is 19.5 Å². The van der Waals surface area contributed by atoms with Crippen molar-refractivity contribution in [1.82, 2.24) is 30.4 Å². The summed E-state index contributed by atoms with van der Waals surface area (Å²) < 4.78 is 13.9. The molecular weight excluding hydrogens is 417 g/mol. The van der Waals surface area contributed by atoms with Gasteiger partial charge in [-0.15, -0.1) is 0 Å². The molecule has 3 heterocycles. The molecule has 166 valence electrons. The number of nitriles is 1. The highest BCUT2D eigenvalue weighted by molar-refractivity contribution is 5.94. The molecule has 1 aliphatic rings. The Labute approximate surface area is 191 Å². The fourth-order valence-corrected chi connectivity index (χ4v) is 4.31. The lowest BCUT2D eigenvalue weighted by Crippen LogP contribution is -2.27. The van der Waals surface area contributed by atoms with Gasteiger partial charge in [-0.25, -0.2) is 9.37 Å². The van der Waals surface area contributed by atoms with Gasteiger partial charge < -0.3 is 15.2 Å². The molecule has 5 rings (SSSR count). The Morgan fingerprint density at radius 3 is 2.94 bits per heavy atom. The highest BCUT2D eigenvalue weighted by Crippen LogP contribution is 2.33. The van der Waals surface area contributed by atoms with Crippen LogP contribution < -0.4 is 5.32 Å². The van der Waals surface area contributed by atoms with E-state index in [4.69, 9.17) is 10.2 Å². The van der Waals surface area contributed by atoms with Gasteiger partial charge in [-0.2, -0.15) is 10.4 Å². The van der Waals surface area contributed by atoms with Crippen LogP contribution in [0.1, 0.15) is 30.3 Å². The Morgan fingerprint density at radius 1 is 1.27 bits per heavy atom. The highest BCUT2D eigenvalue weighted by Gasteiger charge is 2.25. The summed E-state index contributed by atoms with van der Waals surface area (Å²) in [4.78, 5) is 10.3. The van der Waals surface area contributed by atoms with E-state index in [1.165, 1.54) is 6.07 Å². The lowest BCUT2D eigenvalue weighted by Gasteiger charge is -2.21. The predicted octanol–water partition coefficient (Wildman–Crippen LogP) is 4.61. The Hall–Kier alpha value is -4.12.